The number of aliphatic hydroxyl groups is 1. The van der Waals surface area contributed by atoms with Gasteiger partial charge in [-0.15, -0.1) is 0 Å². The quantitative estimate of drug-likeness (QED) is 0.103. The summed E-state index contributed by atoms with van der Waals surface area (Å²) in [5, 5.41) is 97.5. The third kappa shape index (κ3) is 6.11. The molecule has 0 bridgehead atoms. The number of ether oxygens (including phenoxy) is 4. The fraction of sp³-hybridized carbons (Fsp3) is 0.192. The number of aliphatic hydroxyl groups excluding tert-OH is 1. The highest BCUT2D eigenvalue weighted by molar-refractivity contribution is 5.93. The second-order valence-electron chi connectivity index (χ2n) is 9.00. The predicted octanol–water partition coefficient (Wildman–Crippen LogP) is 0.362. The van der Waals surface area contributed by atoms with Gasteiger partial charge >= 0.3 is 17.9 Å². The predicted molar refractivity (Wildman–Crippen MR) is 134 cm³/mol. The van der Waals surface area contributed by atoms with Gasteiger partial charge in [0.2, 0.25) is 0 Å². The van der Waals surface area contributed by atoms with Crippen molar-refractivity contribution in [2.45, 2.75) is 24.6 Å². The van der Waals surface area contributed by atoms with Gasteiger partial charge in [0, 0.05) is 0 Å². The second kappa shape index (κ2) is 11.6. The Kier molecular flexibility index (Phi) is 8.13. The van der Waals surface area contributed by atoms with Gasteiger partial charge in [-0.1, -0.05) is 0 Å². The van der Waals surface area contributed by atoms with Crippen LogP contribution in [0.15, 0.2) is 36.4 Å². The number of phenolic OH excluding ortho intramolecular Hbond substituents is 9. The summed E-state index contributed by atoms with van der Waals surface area (Å²) in [7, 11) is 0. The molecule has 0 spiro atoms. The minimum Gasteiger partial charge on any atom is -0.504 e. The van der Waals surface area contributed by atoms with Crippen LogP contribution in [-0.2, 0) is 18.9 Å². The molecule has 1 saturated heterocycles. The van der Waals surface area contributed by atoms with Crippen molar-refractivity contribution >= 4 is 17.9 Å². The van der Waals surface area contributed by atoms with Gasteiger partial charge in [0.15, 0.2) is 76.3 Å². The molecule has 10 N–H and O–H groups in total. The molecule has 0 unspecified atom stereocenters. The first-order valence-corrected chi connectivity index (χ1v) is 11.8. The topological polar surface area (TPSA) is 290 Å². The van der Waals surface area contributed by atoms with Crippen LogP contribution in [0, 0.1) is 0 Å². The monoisotopic (exact) mass is 606 g/mol. The fourth-order valence-electron chi connectivity index (χ4n) is 3.88. The van der Waals surface area contributed by atoms with Gasteiger partial charge in [0.05, 0.1) is 23.3 Å². The van der Waals surface area contributed by atoms with E-state index in [1.54, 1.807) is 0 Å². The number of esters is 3. The molecule has 3 aromatic rings. The Balaban J connectivity index is 1.68. The lowest BCUT2D eigenvalue weighted by molar-refractivity contribution is -0.251. The van der Waals surface area contributed by atoms with Crippen molar-refractivity contribution in [3.05, 3.63) is 53.1 Å². The highest BCUT2D eigenvalue weighted by atomic mass is 16.7. The van der Waals surface area contributed by atoms with Crippen LogP contribution in [0.5, 0.6) is 51.7 Å². The molecule has 1 aliphatic rings. The molecule has 17 heteroatoms. The first kappa shape index (κ1) is 30.2. The molecule has 1 aliphatic heterocycles. The van der Waals surface area contributed by atoms with Gasteiger partial charge in [-0.3, -0.25) is 0 Å². The molecule has 43 heavy (non-hydrogen) atoms. The van der Waals surface area contributed by atoms with Gasteiger partial charge < -0.3 is 70.0 Å². The normalized spacial score (nSPS) is 19.7. The van der Waals surface area contributed by atoms with E-state index in [1.165, 1.54) is 0 Å². The SMILES string of the molecule is O=C(O[C@@H]1[C@@H](OC(=O)c2cc(O)c(O)c(O)c2)[C@H](OC(=O)c2cc(O)c(O)c(O)c2)CO[C@@H]1O)c1cc(O)c(O)c(O)c1. The van der Waals surface area contributed by atoms with Gasteiger partial charge in [0.1, 0.15) is 0 Å². The third-order valence-electron chi connectivity index (χ3n) is 6.06. The highest BCUT2D eigenvalue weighted by Gasteiger charge is 2.47. The van der Waals surface area contributed by atoms with Crippen LogP contribution in [0.4, 0.5) is 0 Å². The molecular weight excluding hydrogens is 584 g/mol. The Morgan fingerprint density at radius 3 is 1.19 bits per heavy atom. The van der Waals surface area contributed by atoms with Crippen molar-refractivity contribution in [2.75, 3.05) is 6.61 Å². The van der Waals surface area contributed by atoms with Crippen molar-refractivity contribution in [2.24, 2.45) is 0 Å². The van der Waals surface area contributed by atoms with Crippen LogP contribution in [0.1, 0.15) is 31.1 Å². The summed E-state index contributed by atoms with van der Waals surface area (Å²) in [6, 6.07) is 4.22. The lowest BCUT2D eigenvalue weighted by Gasteiger charge is -2.38. The van der Waals surface area contributed by atoms with Crippen molar-refractivity contribution < 1.29 is 84.4 Å². The molecule has 228 valence electrons. The summed E-state index contributed by atoms with van der Waals surface area (Å²) in [6.07, 6.45) is -7.71. The van der Waals surface area contributed by atoms with Crippen LogP contribution >= 0.6 is 0 Å². The average Bonchev–Trinajstić information content (AvgIpc) is 2.95. The van der Waals surface area contributed by atoms with E-state index in [0.29, 0.717) is 24.3 Å². The van der Waals surface area contributed by atoms with Crippen molar-refractivity contribution in [1.82, 2.24) is 0 Å². The smallest absolute Gasteiger partial charge is 0.339 e. The number of phenols is 9. The summed E-state index contributed by atoms with van der Waals surface area (Å²) in [6.45, 7) is -0.707. The lowest BCUT2D eigenvalue weighted by atomic mass is 10.0. The minimum absolute atomic E-state index is 0.513. The van der Waals surface area contributed by atoms with E-state index in [0.717, 1.165) is 12.1 Å². The Morgan fingerprint density at radius 1 is 0.535 bits per heavy atom. The standard InChI is InChI=1S/C26H22O17/c27-11-1-8(2-12(28)18(11)33)23(36)41-17-7-40-26(39)22(43-25(38)10-5-15(31)20(35)16(32)6-10)21(17)42-24(37)9-3-13(29)19(34)14(30)4-9/h1-6,17,21-22,26-35,39H,7H2/t17-,21+,22-,26+/m1/s1. The minimum atomic E-state index is -2.06. The Hall–Kier alpha value is -5.81. The van der Waals surface area contributed by atoms with Crippen LogP contribution in [0.25, 0.3) is 0 Å². The van der Waals surface area contributed by atoms with E-state index in [9.17, 15) is 65.4 Å². The molecule has 0 aliphatic carbocycles. The molecule has 0 amide bonds. The maximum atomic E-state index is 13.0. The van der Waals surface area contributed by atoms with E-state index < -0.39 is 118 Å². The van der Waals surface area contributed by atoms with Gasteiger partial charge in [-0.2, -0.15) is 0 Å². The van der Waals surface area contributed by atoms with E-state index in [2.05, 4.69) is 0 Å². The number of hydrogen-bond acceptors (Lipinski definition) is 17. The summed E-state index contributed by atoms with van der Waals surface area (Å²) in [5.41, 5.74) is -1.64. The number of carbonyl (C=O) groups is 3. The summed E-state index contributed by atoms with van der Waals surface area (Å²) < 4.78 is 20.9. The van der Waals surface area contributed by atoms with Crippen LogP contribution in [-0.4, -0.2) is 100 Å². The largest absolute Gasteiger partial charge is 0.504 e. The lowest BCUT2D eigenvalue weighted by Crippen LogP contribution is -2.57. The molecule has 3 aromatic carbocycles. The van der Waals surface area contributed by atoms with E-state index in [-0.39, 0.29) is 0 Å². The Bertz CT molecular complexity index is 1530. The Labute approximate surface area is 238 Å². The van der Waals surface area contributed by atoms with E-state index >= 15 is 0 Å². The van der Waals surface area contributed by atoms with Crippen LogP contribution < -0.4 is 0 Å². The molecule has 4 atom stereocenters. The average molecular weight is 606 g/mol. The molecule has 0 radical (unpaired) electrons. The number of benzene rings is 3. The number of hydrogen-bond donors (Lipinski definition) is 10. The molecule has 1 fully saturated rings. The molecule has 0 aromatic heterocycles. The Morgan fingerprint density at radius 2 is 0.837 bits per heavy atom. The fourth-order valence-corrected chi connectivity index (χ4v) is 3.88. The van der Waals surface area contributed by atoms with Gasteiger partial charge in [-0.25, -0.2) is 14.4 Å². The molecular formula is C26H22O17. The molecule has 4 rings (SSSR count). The van der Waals surface area contributed by atoms with Crippen molar-refractivity contribution in [3.63, 3.8) is 0 Å². The molecule has 0 saturated carbocycles. The van der Waals surface area contributed by atoms with E-state index in [1.807, 2.05) is 0 Å². The summed E-state index contributed by atoms with van der Waals surface area (Å²) in [5.74, 6) is -12.4. The zero-order chi connectivity index (χ0) is 31.7. The van der Waals surface area contributed by atoms with Gasteiger partial charge in [0.25, 0.3) is 0 Å². The third-order valence-corrected chi connectivity index (χ3v) is 6.06. The van der Waals surface area contributed by atoms with Crippen molar-refractivity contribution in [3.8, 4) is 51.7 Å². The number of aromatic hydroxyl groups is 9. The second-order valence-corrected chi connectivity index (χ2v) is 9.00. The van der Waals surface area contributed by atoms with Crippen molar-refractivity contribution in [1.29, 1.82) is 0 Å². The number of carbonyl (C=O) groups excluding carboxylic acids is 3. The van der Waals surface area contributed by atoms with Gasteiger partial charge in [-0.05, 0) is 36.4 Å². The highest BCUT2D eigenvalue weighted by Crippen LogP contribution is 2.38. The zero-order valence-electron chi connectivity index (χ0n) is 21.3. The molecule has 1 heterocycles. The van der Waals surface area contributed by atoms with Crippen LogP contribution in [0.3, 0.4) is 0 Å². The maximum absolute atomic E-state index is 13.0. The molecule has 17 nitrogen and oxygen atoms in total. The number of rotatable bonds is 6. The summed E-state index contributed by atoms with van der Waals surface area (Å²) >= 11 is 0. The maximum Gasteiger partial charge on any atom is 0.339 e. The summed E-state index contributed by atoms with van der Waals surface area (Å²) in [4.78, 5) is 38.6. The zero-order valence-corrected chi connectivity index (χ0v) is 21.3. The van der Waals surface area contributed by atoms with E-state index in [4.69, 9.17) is 18.9 Å². The van der Waals surface area contributed by atoms with Crippen LogP contribution in [0.2, 0.25) is 0 Å². The first-order valence-electron chi connectivity index (χ1n) is 11.8. The first-order chi connectivity index (χ1) is 20.2.